The molecule has 18 heteroatoms. The molecule has 1 saturated heterocycles. The Bertz CT molecular complexity index is 1720. The lowest BCUT2D eigenvalue weighted by Crippen LogP contribution is -2.61. The highest BCUT2D eigenvalue weighted by Gasteiger charge is 2.46. The fourth-order valence-electron chi connectivity index (χ4n) is 6.78. The number of ketones is 1. The van der Waals surface area contributed by atoms with Gasteiger partial charge in [0.1, 0.15) is 30.2 Å². The lowest BCUT2D eigenvalue weighted by molar-refractivity contribution is -0.146. The topological polar surface area (TPSA) is 257 Å². The van der Waals surface area contributed by atoms with Crippen LogP contribution in [0.4, 0.5) is 0 Å². The average molecular weight is 799 g/mol. The van der Waals surface area contributed by atoms with Crippen molar-refractivity contribution >= 4 is 53.2 Å². The van der Waals surface area contributed by atoms with Gasteiger partial charge in [0.25, 0.3) is 0 Å². The van der Waals surface area contributed by atoms with E-state index in [1.165, 1.54) is 39.5 Å². The number of likely N-dealkylation sites (tertiary alicyclic amines) is 1. The van der Waals surface area contributed by atoms with E-state index in [1.807, 2.05) is 0 Å². The summed E-state index contributed by atoms with van der Waals surface area (Å²) in [5.74, 6) is -6.74. The summed E-state index contributed by atoms with van der Waals surface area (Å²) < 4.78 is 9.32. The summed E-state index contributed by atoms with van der Waals surface area (Å²) >= 11 is 0. The maximum atomic E-state index is 14.3. The van der Waals surface area contributed by atoms with Crippen molar-refractivity contribution in [2.45, 2.75) is 116 Å². The predicted molar refractivity (Wildman–Crippen MR) is 202 cm³/mol. The zero-order valence-corrected chi connectivity index (χ0v) is 33.3. The Morgan fingerprint density at radius 3 is 2.25 bits per heavy atom. The molecule has 0 aromatic carbocycles. The molecule has 2 aliphatic rings. The molecule has 5 N–H and O–H groups in total. The zero-order chi connectivity index (χ0) is 42.4. The van der Waals surface area contributed by atoms with E-state index in [4.69, 9.17) is 4.74 Å². The van der Waals surface area contributed by atoms with Crippen molar-refractivity contribution in [1.82, 2.24) is 31.2 Å². The number of carboxylic acids is 1. The van der Waals surface area contributed by atoms with Crippen molar-refractivity contribution < 1.29 is 57.7 Å². The van der Waals surface area contributed by atoms with Gasteiger partial charge in [-0.3, -0.25) is 33.8 Å². The van der Waals surface area contributed by atoms with Crippen LogP contribution in [-0.4, -0.2) is 119 Å². The van der Waals surface area contributed by atoms with E-state index in [0.29, 0.717) is 12.8 Å². The fourth-order valence-corrected chi connectivity index (χ4v) is 6.78. The number of nitrogens with zero attached hydrogens (tertiary/aromatic N) is 2. The van der Waals surface area contributed by atoms with E-state index in [0.717, 1.165) is 36.4 Å². The number of methoxy groups -OCH3 is 2. The van der Waals surface area contributed by atoms with E-state index in [1.54, 1.807) is 20.8 Å². The van der Waals surface area contributed by atoms with Crippen LogP contribution in [0.3, 0.4) is 0 Å². The molecule has 0 unspecified atom stereocenters. The zero-order valence-electron chi connectivity index (χ0n) is 33.3. The third-order valence-corrected chi connectivity index (χ3v) is 9.88. The van der Waals surface area contributed by atoms with Crippen molar-refractivity contribution in [3.63, 3.8) is 0 Å². The van der Waals surface area contributed by atoms with Crippen molar-refractivity contribution in [3.8, 4) is 0 Å². The van der Waals surface area contributed by atoms with Gasteiger partial charge in [0.15, 0.2) is 5.78 Å². The molecule has 18 nitrogen and oxygen atoms in total. The third-order valence-electron chi connectivity index (χ3n) is 9.88. The predicted octanol–water partition coefficient (Wildman–Crippen LogP) is 0.760. The highest BCUT2D eigenvalue weighted by atomic mass is 16.5. The van der Waals surface area contributed by atoms with Crippen LogP contribution in [0.25, 0.3) is 0 Å². The van der Waals surface area contributed by atoms with Crippen LogP contribution in [0.5, 0.6) is 0 Å². The number of pyridine rings is 1. The quantitative estimate of drug-likeness (QED) is 0.108. The molecule has 5 amide bonds. The molecule has 2 heterocycles. The summed E-state index contributed by atoms with van der Waals surface area (Å²) in [6, 6.07) is -4.66. The molecule has 5 atom stereocenters. The van der Waals surface area contributed by atoms with Crippen LogP contribution in [0, 0.1) is 11.3 Å². The third kappa shape index (κ3) is 13.5. The molecular formula is C39H54N6O12. The summed E-state index contributed by atoms with van der Waals surface area (Å²) in [7, 11) is 2.38. The van der Waals surface area contributed by atoms with Gasteiger partial charge in [-0.25, -0.2) is 14.4 Å². The SMILES string of the molecule is COC(=O)/C=C/CC[C@H](NC(=O)Cc1cncc(C(=O)O)c1)C(=O)N[C@H](C(=O)N1CC(=O)C[C@H]1C(=O)N[C@H](C(=O)N[C@@H](C)C(=O)OC)C1CCCCC1)C(C)(C)C. The molecule has 0 bridgehead atoms. The minimum atomic E-state index is -1.31. The van der Waals surface area contributed by atoms with E-state index in [9.17, 15) is 48.3 Å². The lowest BCUT2D eigenvalue weighted by Gasteiger charge is -2.36. The van der Waals surface area contributed by atoms with Gasteiger partial charge in [0, 0.05) is 24.9 Å². The van der Waals surface area contributed by atoms with Gasteiger partial charge in [-0.1, -0.05) is 46.1 Å². The number of Topliss-reactive ketones (excluding diaryl/α,β-unsaturated/α-hetero) is 1. The molecule has 1 aromatic rings. The number of esters is 2. The molecule has 2 fully saturated rings. The van der Waals surface area contributed by atoms with E-state index in [2.05, 4.69) is 31.0 Å². The summed E-state index contributed by atoms with van der Waals surface area (Å²) in [5.41, 5.74) is -0.859. The Labute approximate surface area is 331 Å². The van der Waals surface area contributed by atoms with Crippen molar-refractivity contribution in [2.24, 2.45) is 11.3 Å². The molecule has 312 valence electrons. The maximum absolute atomic E-state index is 14.3. The average Bonchev–Trinajstić information content (AvgIpc) is 3.57. The van der Waals surface area contributed by atoms with Gasteiger partial charge in [0.05, 0.1) is 32.7 Å². The van der Waals surface area contributed by atoms with Gasteiger partial charge < -0.3 is 40.7 Å². The molecule has 3 rings (SSSR count). The number of nitrogens with one attached hydrogen (secondary N) is 4. The largest absolute Gasteiger partial charge is 0.478 e. The van der Waals surface area contributed by atoms with Gasteiger partial charge in [-0.15, -0.1) is 0 Å². The highest BCUT2D eigenvalue weighted by Crippen LogP contribution is 2.29. The van der Waals surface area contributed by atoms with Crippen LogP contribution in [0.15, 0.2) is 30.6 Å². The second-order valence-electron chi connectivity index (χ2n) is 15.4. The Balaban J connectivity index is 1.85. The fraction of sp³-hybridized carbons (Fsp3) is 0.590. The van der Waals surface area contributed by atoms with Crippen molar-refractivity contribution in [3.05, 3.63) is 41.7 Å². The Morgan fingerprint density at radius 2 is 1.63 bits per heavy atom. The monoisotopic (exact) mass is 798 g/mol. The first-order valence-electron chi connectivity index (χ1n) is 18.9. The highest BCUT2D eigenvalue weighted by molar-refractivity contribution is 6.02. The normalized spacial score (nSPS) is 18.1. The number of ether oxygens (including phenoxy) is 2. The van der Waals surface area contributed by atoms with Gasteiger partial charge in [-0.2, -0.15) is 0 Å². The number of carbonyl (C=O) groups is 9. The first-order chi connectivity index (χ1) is 26.9. The van der Waals surface area contributed by atoms with Crippen LogP contribution in [0.2, 0.25) is 0 Å². The molecule has 0 radical (unpaired) electrons. The standard InChI is InChI=1S/C39H54N6O12/c1-22(38(55)57-6)41-35(51)31(24-12-8-7-9-13-24)43-34(50)28-18-26(46)21-45(28)36(52)32(39(2,3)4)44-33(49)27(14-10-11-15-30(48)56-5)42-29(47)17-23-16-25(37(53)54)20-40-19-23/h11,15-16,19-20,22,24,27-28,31-32H,7-10,12-14,17-18,21H2,1-6H3,(H,41,51)(H,42,47)(H,43,50)(H,44,49)(H,53,54)/b15-11+/t22-,27-,28-,31-,32+/m0/s1. The minimum Gasteiger partial charge on any atom is -0.478 e. The second kappa shape index (κ2) is 21.0. The molecular weight excluding hydrogens is 744 g/mol. The number of rotatable bonds is 17. The lowest BCUT2D eigenvalue weighted by atomic mass is 9.83. The van der Waals surface area contributed by atoms with E-state index < -0.39 is 95.4 Å². The van der Waals surface area contributed by atoms with Crippen LogP contribution in [-0.2, 0) is 54.3 Å². The molecule has 1 aliphatic carbocycles. The number of carbonyl (C=O) groups excluding carboxylic acids is 8. The molecule has 1 saturated carbocycles. The molecule has 57 heavy (non-hydrogen) atoms. The number of amides is 5. The van der Waals surface area contributed by atoms with Crippen LogP contribution >= 0.6 is 0 Å². The summed E-state index contributed by atoms with van der Waals surface area (Å²) in [6.45, 7) is 6.03. The smallest absolute Gasteiger partial charge is 0.337 e. The second-order valence-corrected chi connectivity index (χ2v) is 15.4. The van der Waals surface area contributed by atoms with Crippen LogP contribution < -0.4 is 21.3 Å². The number of hydrogen-bond donors (Lipinski definition) is 5. The van der Waals surface area contributed by atoms with E-state index >= 15 is 0 Å². The Kier molecular flexibility index (Phi) is 16.9. The van der Waals surface area contributed by atoms with Crippen molar-refractivity contribution in [1.29, 1.82) is 0 Å². The number of hydrogen-bond acceptors (Lipinski definition) is 12. The molecule has 1 aromatic heterocycles. The van der Waals surface area contributed by atoms with Gasteiger partial charge in [0.2, 0.25) is 29.5 Å². The minimum absolute atomic E-state index is 0.0318. The number of aromatic nitrogens is 1. The first kappa shape index (κ1) is 45.7. The number of aromatic carboxylic acids is 1. The van der Waals surface area contributed by atoms with Gasteiger partial charge >= 0.3 is 17.9 Å². The summed E-state index contributed by atoms with van der Waals surface area (Å²) in [6.07, 6.45) is 8.35. The van der Waals surface area contributed by atoms with Crippen molar-refractivity contribution in [2.75, 3.05) is 20.8 Å². The summed E-state index contributed by atoms with van der Waals surface area (Å²) in [4.78, 5) is 122. The Hall–Kier alpha value is -5.68. The number of allylic oxidation sites excluding steroid dienone is 1. The Morgan fingerprint density at radius 1 is 0.947 bits per heavy atom. The molecule has 1 aliphatic heterocycles. The first-order valence-corrected chi connectivity index (χ1v) is 18.9. The van der Waals surface area contributed by atoms with Crippen LogP contribution in [0.1, 0.15) is 95.0 Å². The van der Waals surface area contributed by atoms with E-state index in [-0.39, 0.29) is 42.7 Å². The molecule has 0 spiro atoms. The number of carboxylic acid groups (broad SMARTS) is 1. The summed E-state index contributed by atoms with van der Waals surface area (Å²) in [5, 5.41) is 20.0. The maximum Gasteiger partial charge on any atom is 0.337 e. The van der Waals surface area contributed by atoms with Gasteiger partial charge in [-0.05, 0) is 55.6 Å².